The Bertz CT molecular complexity index is 779. The van der Waals surface area contributed by atoms with Gasteiger partial charge in [0, 0.05) is 43.2 Å². The van der Waals surface area contributed by atoms with Crippen molar-refractivity contribution < 1.29 is 4.42 Å². The molecule has 1 saturated heterocycles. The van der Waals surface area contributed by atoms with Crippen LogP contribution in [0.25, 0.3) is 11.5 Å². The highest BCUT2D eigenvalue weighted by atomic mass is 32.1. The molecule has 0 radical (unpaired) electrons. The molecule has 1 aromatic carbocycles. The molecule has 4 rings (SSSR count). The third-order valence-corrected chi connectivity index (χ3v) is 5.59. The number of piperazine rings is 1. The highest BCUT2D eigenvalue weighted by Crippen LogP contribution is 2.25. The summed E-state index contributed by atoms with van der Waals surface area (Å²) in [5, 5.41) is 10.6. The summed E-state index contributed by atoms with van der Waals surface area (Å²) in [4.78, 5) is 6.37. The molecule has 2 aromatic heterocycles. The van der Waals surface area contributed by atoms with Crippen LogP contribution < -0.4 is 0 Å². The molecule has 1 atom stereocenters. The lowest BCUT2D eigenvalue weighted by atomic mass is 10.2. The van der Waals surface area contributed by atoms with E-state index < -0.39 is 0 Å². The Morgan fingerprint density at radius 3 is 2.56 bits per heavy atom. The molecule has 0 amide bonds. The lowest BCUT2D eigenvalue weighted by Crippen LogP contribution is -2.46. The van der Waals surface area contributed by atoms with Gasteiger partial charge in [0.15, 0.2) is 0 Å². The van der Waals surface area contributed by atoms with Crippen molar-refractivity contribution in [1.29, 1.82) is 0 Å². The maximum atomic E-state index is 5.92. The molecule has 25 heavy (non-hydrogen) atoms. The predicted octanol–water partition coefficient (Wildman–Crippen LogP) is 3.68. The quantitative estimate of drug-likeness (QED) is 0.699. The third kappa shape index (κ3) is 3.81. The molecule has 6 heteroatoms. The minimum atomic E-state index is 0.147. The number of hydrogen-bond donors (Lipinski definition) is 0. The van der Waals surface area contributed by atoms with E-state index in [1.54, 1.807) is 0 Å². The van der Waals surface area contributed by atoms with E-state index in [1.165, 1.54) is 4.88 Å². The molecular formula is C19H22N4OS. The van der Waals surface area contributed by atoms with E-state index in [1.807, 2.05) is 41.7 Å². The molecule has 1 aliphatic heterocycles. The van der Waals surface area contributed by atoms with Gasteiger partial charge in [-0.05, 0) is 30.5 Å². The molecule has 0 saturated carbocycles. The summed E-state index contributed by atoms with van der Waals surface area (Å²) in [7, 11) is 0. The van der Waals surface area contributed by atoms with Gasteiger partial charge in [0.1, 0.15) is 0 Å². The van der Waals surface area contributed by atoms with E-state index in [4.69, 9.17) is 4.42 Å². The number of nitrogens with zero attached hydrogens (tertiary/aromatic N) is 4. The van der Waals surface area contributed by atoms with Gasteiger partial charge in [0.05, 0.1) is 6.04 Å². The van der Waals surface area contributed by atoms with Gasteiger partial charge in [0.25, 0.3) is 0 Å². The predicted molar refractivity (Wildman–Crippen MR) is 99.3 cm³/mol. The van der Waals surface area contributed by atoms with Crippen LogP contribution in [0, 0.1) is 0 Å². The normalized spacial score (nSPS) is 17.6. The SMILES string of the molecule is CC(c1nnc(-c2ccccc2)o1)N1CCN(Cc2cccs2)CC1. The molecule has 1 unspecified atom stereocenters. The monoisotopic (exact) mass is 354 g/mol. The fourth-order valence-corrected chi connectivity index (χ4v) is 3.93. The van der Waals surface area contributed by atoms with Gasteiger partial charge in [0.2, 0.25) is 11.8 Å². The van der Waals surface area contributed by atoms with Crippen LogP contribution in [0.15, 0.2) is 52.3 Å². The van der Waals surface area contributed by atoms with Gasteiger partial charge in [-0.2, -0.15) is 0 Å². The van der Waals surface area contributed by atoms with E-state index in [9.17, 15) is 0 Å². The maximum Gasteiger partial charge on any atom is 0.247 e. The van der Waals surface area contributed by atoms with Crippen molar-refractivity contribution >= 4 is 11.3 Å². The molecule has 130 valence electrons. The second-order valence-corrected chi connectivity index (χ2v) is 7.41. The largest absolute Gasteiger partial charge is 0.419 e. The van der Waals surface area contributed by atoms with Crippen molar-refractivity contribution in [2.24, 2.45) is 0 Å². The Hall–Kier alpha value is -2.02. The standard InChI is InChI=1S/C19H22N4OS/c1-15(18-20-21-19(24-18)16-6-3-2-4-7-16)23-11-9-22(10-12-23)14-17-8-5-13-25-17/h2-8,13,15H,9-12,14H2,1H3. The summed E-state index contributed by atoms with van der Waals surface area (Å²) in [6.45, 7) is 7.39. The number of aromatic nitrogens is 2. The molecule has 0 bridgehead atoms. The van der Waals surface area contributed by atoms with E-state index in [0.717, 1.165) is 38.3 Å². The Morgan fingerprint density at radius 2 is 1.84 bits per heavy atom. The minimum absolute atomic E-state index is 0.147. The lowest BCUT2D eigenvalue weighted by molar-refractivity contribution is 0.0881. The van der Waals surface area contributed by atoms with Gasteiger partial charge in [-0.3, -0.25) is 9.80 Å². The van der Waals surface area contributed by atoms with Crippen LogP contribution in [0.4, 0.5) is 0 Å². The first-order valence-electron chi connectivity index (χ1n) is 8.67. The van der Waals surface area contributed by atoms with Crippen molar-refractivity contribution in [3.8, 4) is 11.5 Å². The van der Waals surface area contributed by atoms with E-state index in [2.05, 4.69) is 44.4 Å². The fraction of sp³-hybridized carbons (Fsp3) is 0.368. The van der Waals surface area contributed by atoms with Gasteiger partial charge in [-0.1, -0.05) is 24.3 Å². The van der Waals surface area contributed by atoms with Crippen LogP contribution in [0.3, 0.4) is 0 Å². The van der Waals surface area contributed by atoms with Crippen molar-refractivity contribution in [2.45, 2.75) is 19.5 Å². The number of rotatable bonds is 5. The second-order valence-electron chi connectivity index (χ2n) is 6.38. The van der Waals surface area contributed by atoms with Crippen LogP contribution in [0.2, 0.25) is 0 Å². The van der Waals surface area contributed by atoms with Crippen molar-refractivity contribution in [3.05, 3.63) is 58.6 Å². The lowest BCUT2D eigenvalue weighted by Gasteiger charge is -2.36. The Kier molecular flexibility index (Phi) is 4.92. The summed E-state index contributed by atoms with van der Waals surface area (Å²) in [5.74, 6) is 1.30. The molecule has 3 aromatic rings. The first kappa shape index (κ1) is 16.4. The average Bonchev–Trinajstić information content (AvgIpc) is 3.34. The van der Waals surface area contributed by atoms with Crippen LogP contribution in [-0.2, 0) is 6.54 Å². The molecule has 1 aliphatic rings. The number of thiophene rings is 1. The Morgan fingerprint density at radius 1 is 1.04 bits per heavy atom. The smallest absolute Gasteiger partial charge is 0.247 e. The average molecular weight is 354 g/mol. The molecule has 5 nitrogen and oxygen atoms in total. The number of hydrogen-bond acceptors (Lipinski definition) is 6. The van der Waals surface area contributed by atoms with Crippen molar-refractivity contribution in [2.75, 3.05) is 26.2 Å². The summed E-state index contributed by atoms with van der Waals surface area (Å²) in [6.07, 6.45) is 0. The first-order valence-corrected chi connectivity index (χ1v) is 9.55. The van der Waals surface area contributed by atoms with Crippen LogP contribution in [0.5, 0.6) is 0 Å². The summed E-state index contributed by atoms with van der Waals surface area (Å²) in [6, 6.07) is 14.4. The highest BCUT2D eigenvalue weighted by Gasteiger charge is 2.25. The van der Waals surface area contributed by atoms with Crippen molar-refractivity contribution in [3.63, 3.8) is 0 Å². The van der Waals surface area contributed by atoms with Gasteiger partial charge < -0.3 is 4.42 Å². The second kappa shape index (κ2) is 7.47. The van der Waals surface area contributed by atoms with Gasteiger partial charge in [-0.15, -0.1) is 21.5 Å². The number of benzene rings is 1. The highest BCUT2D eigenvalue weighted by molar-refractivity contribution is 7.09. The van der Waals surface area contributed by atoms with Gasteiger partial charge in [-0.25, -0.2) is 0 Å². The minimum Gasteiger partial charge on any atom is -0.419 e. The van der Waals surface area contributed by atoms with E-state index >= 15 is 0 Å². The van der Waals surface area contributed by atoms with E-state index in [-0.39, 0.29) is 6.04 Å². The molecular weight excluding hydrogens is 332 g/mol. The first-order chi connectivity index (χ1) is 12.3. The molecule has 0 aliphatic carbocycles. The third-order valence-electron chi connectivity index (χ3n) is 4.73. The van der Waals surface area contributed by atoms with Crippen molar-refractivity contribution in [1.82, 2.24) is 20.0 Å². The zero-order valence-electron chi connectivity index (χ0n) is 14.3. The van der Waals surface area contributed by atoms with Gasteiger partial charge >= 0.3 is 0 Å². The molecule has 0 N–H and O–H groups in total. The van der Waals surface area contributed by atoms with E-state index in [0.29, 0.717) is 11.8 Å². The Balaban J connectivity index is 1.36. The van der Waals surface area contributed by atoms with Crippen LogP contribution in [-0.4, -0.2) is 46.2 Å². The zero-order valence-corrected chi connectivity index (χ0v) is 15.2. The summed E-state index contributed by atoms with van der Waals surface area (Å²) in [5.41, 5.74) is 0.967. The topological polar surface area (TPSA) is 45.4 Å². The maximum absolute atomic E-state index is 5.92. The molecule has 3 heterocycles. The fourth-order valence-electron chi connectivity index (χ4n) is 3.19. The summed E-state index contributed by atoms with van der Waals surface area (Å²) < 4.78 is 5.92. The molecule has 1 fully saturated rings. The summed E-state index contributed by atoms with van der Waals surface area (Å²) >= 11 is 1.83. The van der Waals surface area contributed by atoms with Crippen LogP contribution >= 0.6 is 11.3 Å². The zero-order chi connectivity index (χ0) is 17.1. The van der Waals surface area contributed by atoms with Crippen LogP contribution in [0.1, 0.15) is 23.7 Å². The Labute approximate surface area is 151 Å². The molecule has 0 spiro atoms.